The van der Waals surface area contributed by atoms with Gasteiger partial charge in [0.2, 0.25) is 0 Å². The van der Waals surface area contributed by atoms with Crippen LogP contribution in [0, 0.1) is 0 Å². The zero-order valence-corrected chi connectivity index (χ0v) is 11.1. The number of ether oxygens (including phenoxy) is 1. The minimum Gasteiger partial charge on any atom is -0.462 e. The maximum absolute atomic E-state index is 11.7. The molecule has 1 aromatic rings. The van der Waals surface area contributed by atoms with E-state index in [-0.39, 0.29) is 23.9 Å². The number of carbonyl (C=O) groups excluding carboxylic acids is 2. The molecule has 19 heavy (non-hydrogen) atoms. The van der Waals surface area contributed by atoms with E-state index in [1.807, 2.05) is 36.4 Å². The standard InChI is InChI=1S/C16H16O3/c1-3-19-16(18)15(11(2)17)10-13-9-8-12-6-4-5-7-14(12)13/h4-10,13H,3H2,1-2H3. The Kier molecular flexibility index (Phi) is 3.95. The van der Waals surface area contributed by atoms with Crippen molar-refractivity contribution in [1.29, 1.82) is 0 Å². The summed E-state index contributed by atoms with van der Waals surface area (Å²) in [5.74, 6) is -0.858. The van der Waals surface area contributed by atoms with Crippen LogP contribution in [0.1, 0.15) is 30.9 Å². The van der Waals surface area contributed by atoms with Crippen molar-refractivity contribution in [3.05, 3.63) is 53.1 Å². The second-order valence-corrected chi connectivity index (χ2v) is 4.37. The normalized spacial score (nSPS) is 17.2. The summed E-state index contributed by atoms with van der Waals surface area (Å²) in [4.78, 5) is 23.3. The molecule has 98 valence electrons. The molecule has 0 bridgehead atoms. The Hall–Kier alpha value is -2.16. The molecule has 0 heterocycles. The van der Waals surface area contributed by atoms with E-state index in [1.165, 1.54) is 6.92 Å². The number of hydrogen-bond acceptors (Lipinski definition) is 3. The Morgan fingerprint density at radius 2 is 2.05 bits per heavy atom. The van der Waals surface area contributed by atoms with Crippen LogP contribution in [0.2, 0.25) is 0 Å². The molecule has 2 rings (SSSR count). The van der Waals surface area contributed by atoms with Gasteiger partial charge in [0, 0.05) is 5.92 Å². The van der Waals surface area contributed by atoms with Gasteiger partial charge >= 0.3 is 5.97 Å². The van der Waals surface area contributed by atoms with Gasteiger partial charge in [0.05, 0.1) is 12.2 Å². The van der Waals surface area contributed by atoms with Crippen LogP contribution in [0.15, 0.2) is 42.0 Å². The van der Waals surface area contributed by atoms with E-state index in [0.29, 0.717) is 0 Å². The van der Waals surface area contributed by atoms with Crippen LogP contribution in [0.3, 0.4) is 0 Å². The molecule has 0 spiro atoms. The van der Waals surface area contributed by atoms with E-state index in [1.54, 1.807) is 13.0 Å². The van der Waals surface area contributed by atoms with E-state index in [4.69, 9.17) is 4.74 Å². The fourth-order valence-corrected chi connectivity index (χ4v) is 2.14. The predicted octanol–water partition coefficient (Wildman–Crippen LogP) is 2.88. The third-order valence-corrected chi connectivity index (χ3v) is 3.06. The highest BCUT2D eigenvalue weighted by Gasteiger charge is 2.21. The Morgan fingerprint density at radius 3 is 2.74 bits per heavy atom. The van der Waals surface area contributed by atoms with E-state index < -0.39 is 5.97 Å². The van der Waals surface area contributed by atoms with E-state index in [0.717, 1.165) is 11.1 Å². The van der Waals surface area contributed by atoms with Crippen LogP contribution in [-0.2, 0) is 14.3 Å². The first kappa shape index (κ1) is 13.3. The Balaban J connectivity index is 2.32. The number of esters is 1. The van der Waals surface area contributed by atoms with Crippen molar-refractivity contribution >= 4 is 17.8 Å². The van der Waals surface area contributed by atoms with Gasteiger partial charge in [-0.2, -0.15) is 0 Å². The molecule has 3 heteroatoms. The smallest absolute Gasteiger partial charge is 0.341 e. The SMILES string of the molecule is CCOC(=O)C(=CC1C=Cc2ccccc21)C(C)=O. The molecule has 1 unspecified atom stereocenters. The number of carbonyl (C=O) groups is 2. The number of hydrogen-bond donors (Lipinski definition) is 0. The average Bonchev–Trinajstić information content (AvgIpc) is 2.79. The average molecular weight is 256 g/mol. The topological polar surface area (TPSA) is 43.4 Å². The monoisotopic (exact) mass is 256 g/mol. The molecule has 3 nitrogen and oxygen atoms in total. The quantitative estimate of drug-likeness (QED) is 0.360. The first-order chi connectivity index (χ1) is 9.13. The van der Waals surface area contributed by atoms with Crippen molar-refractivity contribution in [2.75, 3.05) is 6.61 Å². The lowest BCUT2D eigenvalue weighted by atomic mass is 9.97. The summed E-state index contributed by atoms with van der Waals surface area (Å²) in [6.45, 7) is 3.37. The molecule has 0 amide bonds. The number of allylic oxidation sites excluding steroid dienone is 2. The summed E-state index contributed by atoms with van der Waals surface area (Å²) in [5, 5.41) is 0. The molecule has 1 aliphatic rings. The van der Waals surface area contributed by atoms with E-state index in [9.17, 15) is 9.59 Å². The molecule has 0 aromatic heterocycles. The maximum atomic E-state index is 11.7. The summed E-state index contributed by atoms with van der Waals surface area (Å²) >= 11 is 0. The molecule has 1 aromatic carbocycles. The van der Waals surface area contributed by atoms with Crippen molar-refractivity contribution in [2.45, 2.75) is 19.8 Å². The molecule has 0 N–H and O–H groups in total. The van der Waals surface area contributed by atoms with Crippen LogP contribution >= 0.6 is 0 Å². The lowest BCUT2D eigenvalue weighted by Crippen LogP contribution is -2.14. The van der Waals surface area contributed by atoms with Gasteiger partial charge in [-0.1, -0.05) is 42.5 Å². The van der Waals surface area contributed by atoms with Crippen LogP contribution in [-0.4, -0.2) is 18.4 Å². The fraction of sp³-hybridized carbons (Fsp3) is 0.250. The number of ketones is 1. The molecule has 0 fully saturated rings. The van der Waals surface area contributed by atoms with Crippen molar-refractivity contribution < 1.29 is 14.3 Å². The maximum Gasteiger partial charge on any atom is 0.341 e. The Bertz CT molecular complexity index is 567. The Morgan fingerprint density at radius 1 is 1.32 bits per heavy atom. The molecule has 0 aliphatic heterocycles. The van der Waals surface area contributed by atoms with Crippen molar-refractivity contribution in [3.63, 3.8) is 0 Å². The van der Waals surface area contributed by atoms with Crippen molar-refractivity contribution in [1.82, 2.24) is 0 Å². The summed E-state index contributed by atoms with van der Waals surface area (Å²) in [7, 11) is 0. The minimum atomic E-state index is -0.548. The number of rotatable bonds is 4. The summed E-state index contributed by atoms with van der Waals surface area (Å²) in [6, 6.07) is 7.92. The second kappa shape index (κ2) is 5.65. The van der Waals surface area contributed by atoms with E-state index in [2.05, 4.69) is 0 Å². The van der Waals surface area contributed by atoms with Gasteiger partial charge in [0.25, 0.3) is 0 Å². The molecular formula is C16H16O3. The summed E-state index contributed by atoms with van der Waals surface area (Å²) in [6.07, 6.45) is 5.66. The number of benzene rings is 1. The van der Waals surface area contributed by atoms with Gasteiger partial charge in [0.15, 0.2) is 5.78 Å². The highest BCUT2D eigenvalue weighted by molar-refractivity contribution is 6.16. The van der Waals surface area contributed by atoms with Gasteiger partial charge in [-0.15, -0.1) is 0 Å². The number of fused-ring (bicyclic) bond motifs is 1. The van der Waals surface area contributed by atoms with Gasteiger partial charge in [-0.05, 0) is 25.0 Å². The second-order valence-electron chi connectivity index (χ2n) is 4.37. The third kappa shape index (κ3) is 2.81. The summed E-state index contributed by atoms with van der Waals surface area (Å²) in [5.41, 5.74) is 2.34. The molecule has 1 aliphatic carbocycles. The molecule has 0 saturated heterocycles. The van der Waals surface area contributed by atoms with Crippen LogP contribution in [0.25, 0.3) is 6.08 Å². The van der Waals surface area contributed by atoms with Crippen molar-refractivity contribution in [2.24, 2.45) is 0 Å². The van der Waals surface area contributed by atoms with Crippen LogP contribution < -0.4 is 0 Å². The molecule has 0 saturated carbocycles. The zero-order valence-electron chi connectivity index (χ0n) is 11.1. The van der Waals surface area contributed by atoms with Gasteiger partial charge in [0.1, 0.15) is 0 Å². The van der Waals surface area contributed by atoms with Crippen LogP contribution in [0.5, 0.6) is 0 Å². The molecule has 1 atom stereocenters. The highest BCUT2D eigenvalue weighted by atomic mass is 16.5. The van der Waals surface area contributed by atoms with Crippen LogP contribution in [0.4, 0.5) is 0 Å². The van der Waals surface area contributed by atoms with Gasteiger partial charge < -0.3 is 4.74 Å². The molecular weight excluding hydrogens is 240 g/mol. The van der Waals surface area contributed by atoms with Gasteiger partial charge in [-0.3, -0.25) is 4.79 Å². The minimum absolute atomic E-state index is 0.0421. The first-order valence-corrected chi connectivity index (χ1v) is 6.30. The lowest BCUT2D eigenvalue weighted by Gasteiger charge is -2.09. The first-order valence-electron chi connectivity index (χ1n) is 6.30. The molecule has 0 radical (unpaired) electrons. The Labute approximate surface area is 112 Å². The summed E-state index contributed by atoms with van der Waals surface area (Å²) < 4.78 is 4.91. The predicted molar refractivity (Wildman–Crippen MR) is 73.6 cm³/mol. The fourth-order valence-electron chi connectivity index (χ4n) is 2.14. The van der Waals surface area contributed by atoms with Crippen molar-refractivity contribution in [3.8, 4) is 0 Å². The third-order valence-electron chi connectivity index (χ3n) is 3.06. The lowest BCUT2D eigenvalue weighted by molar-refractivity contribution is -0.139. The highest BCUT2D eigenvalue weighted by Crippen LogP contribution is 2.31. The zero-order chi connectivity index (χ0) is 13.8. The number of Topliss-reactive ketones (excluding diaryl/α,β-unsaturated/α-hetero) is 1. The van der Waals surface area contributed by atoms with Gasteiger partial charge in [-0.25, -0.2) is 4.79 Å². The van der Waals surface area contributed by atoms with E-state index >= 15 is 0 Å². The largest absolute Gasteiger partial charge is 0.462 e.